The summed E-state index contributed by atoms with van der Waals surface area (Å²) < 4.78 is 6.10. The van der Waals surface area contributed by atoms with Crippen molar-refractivity contribution in [1.29, 1.82) is 0 Å². The first-order valence-electron chi connectivity index (χ1n) is 24.5. The molecule has 11 rings (SSSR count). The quantitative estimate of drug-likeness (QED) is 0.175. The van der Waals surface area contributed by atoms with Gasteiger partial charge in [0.2, 0.25) is 0 Å². The minimum atomic E-state index is 0.00535. The Bertz CT molecular complexity index is 3570. The third-order valence-electron chi connectivity index (χ3n) is 13.4. The van der Waals surface area contributed by atoms with E-state index in [-0.39, 0.29) is 16.6 Å². The van der Waals surface area contributed by atoms with E-state index in [4.69, 9.17) is 9.72 Å². The van der Waals surface area contributed by atoms with Crippen LogP contribution in [0.2, 0.25) is 0 Å². The molecule has 3 nitrogen and oxygen atoms in total. The lowest BCUT2D eigenvalue weighted by Gasteiger charge is -2.27. The minimum absolute atomic E-state index is 0.00535. The summed E-state index contributed by atoms with van der Waals surface area (Å²) in [5.74, 6) is 1.64. The van der Waals surface area contributed by atoms with Crippen molar-refractivity contribution < 1.29 is 9.84 Å². The number of phenolic OH excluding ortho intramolecular Hbond substituents is 1. The maximum Gasteiger partial charge on any atom is 0.139 e. The summed E-state index contributed by atoms with van der Waals surface area (Å²) in [7, 11) is 0. The van der Waals surface area contributed by atoms with E-state index >= 15 is 0 Å². The zero-order chi connectivity index (χ0) is 48.7. The Morgan fingerprint density at radius 1 is 0.522 bits per heavy atom. The number of aromatic hydroxyl groups is 1. The lowest BCUT2D eigenvalue weighted by atomic mass is 9.79. The summed E-state index contributed by atoms with van der Waals surface area (Å²) in [4.78, 5) is 4.82. The second-order valence-corrected chi connectivity index (χ2v) is 22.0. The number of phenols is 1. The fraction of sp³-hybridized carbons (Fsp3) is 0.227. The van der Waals surface area contributed by atoms with Crippen LogP contribution in [0.1, 0.15) is 103 Å². The molecule has 1 aromatic heterocycles. The average molecular weight is 904 g/mol. The number of hydrogen-bond acceptors (Lipinski definition) is 3. The van der Waals surface area contributed by atoms with Gasteiger partial charge in [-0.1, -0.05) is 208 Å². The number of nitrogens with zero attached hydrogens (tertiary/aromatic N) is 1. The van der Waals surface area contributed by atoms with Crippen molar-refractivity contribution in [2.45, 2.75) is 92.4 Å². The minimum Gasteiger partial charge on any atom is -0.508 e. The third kappa shape index (κ3) is 10.0. The summed E-state index contributed by atoms with van der Waals surface area (Å²) in [6, 6.07) is 61.3. The van der Waals surface area contributed by atoms with E-state index in [2.05, 4.69) is 208 Å². The van der Waals surface area contributed by atoms with Crippen LogP contribution in [0, 0.1) is 5.41 Å². The van der Waals surface area contributed by atoms with E-state index in [1.54, 1.807) is 12.1 Å². The molecule has 0 saturated heterocycles. The third-order valence-corrected chi connectivity index (χ3v) is 13.4. The van der Waals surface area contributed by atoms with Gasteiger partial charge in [0.1, 0.15) is 17.2 Å². The van der Waals surface area contributed by atoms with E-state index in [0.717, 1.165) is 38.5 Å². The summed E-state index contributed by atoms with van der Waals surface area (Å²) >= 11 is 0. The highest BCUT2D eigenvalue weighted by molar-refractivity contribution is 6.23. The maximum atomic E-state index is 9.93. The first-order chi connectivity index (χ1) is 32.9. The molecule has 0 unspecified atom stereocenters. The molecule has 1 N–H and O–H groups in total. The Morgan fingerprint density at radius 2 is 1.17 bits per heavy atom. The summed E-state index contributed by atoms with van der Waals surface area (Å²) in [5.41, 5.74) is 11.3. The molecule has 0 radical (unpaired) electrons. The number of ether oxygens (including phenoxy) is 1. The predicted molar refractivity (Wildman–Crippen MR) is 295 cm³/mol. The molecule has 0 atom stereocenters. The number of hydrogen-bond donors (Lipinski definition) is 1. The molecule has 2 heterocycles. The van der Waals surface area contributed by atoms with Crippen LogP contribution in [0.5, 0.6) is 17.2 Å². The molecular formula is C66H65NO2. The number of benzene rings is 9. The first-order valence-corrected chi connectivity index (χ1v) is 24.5. The highest BCUT2D eigenvalue weighted by Gasteiger charge is 2.26. The van der Waals surface area contributed by atoms with Gasteiger partial charge < -0.3 is 9.84 Å². The molecule has 0 fully saturated rings. The van der Waals surface area contributed by atoms with E-state index < -0.39 is 0 Å². The highest BCUT2D eigenvalue weighted by Crippen LogP contribution is 2.41. The van der Waals surface area contributed by atoms with Crippen LogP contribution in [0.4, 0.5) is 0 Å². The molecule has 1 aliphatic heterocycles. The number of fused-ring (bicyclic) bond motifs is 3. The standard InChI is InChI=1S/C24H22O2.C23H24.C19H19N/c1-15-9-11-18-21(13-15)26-22-14-16(25)10-12-19(22)23(18)17-7-5-6-8-20(17)24(2,3)4;1-23(2,3)15-5-8-16-9-10-19-12-11-17-6-4-7-18-13-14-20(16)22(19)21(17)18;1-19(2,3)16-13-18(14-9-5-4-6-10-14)20-17-12-8-7-11-15(16)17/h5-14,25H,1H2,2-4H3;4,6-7,9-14H,5,8,15H2,1-3H3;4-13H,1-3H3. The Kier molecular flexibility index (Phi) is 12.7. The molecule has 0 aliphatic carbocycles. The van der Waals surface area contributed by atoms with Crippen molar-refractivity contribution in [3.8, 4) is 28.5 Å². The second kappa shape index (κ2) is 18.7. The van der Waals surface area contributed by atoms with Crippen LogP contribution in [0.25, 0.3) is 66.6 Å². The summed E-state index contributed by atoms with van der Waals surface area (Å²) in [6.07, 6.45) is 3.70. The first kappa shape index (κ1) is 46.9. The van der Waals surface area contributed by atoms with E-state index in [1.165, 1.54) is 84.8 Å². The molecule has 1 aliphatic rings. The van der Waals surface area contributed by atoms with Crippen molar-refractivity contribution in [2.24, 2.45) is 5.41 Å². The fourth-order valence-corrected chi connectivity index (χ4v) is 9.94. The molecule has 346 valence electrons. The normalized spacial score (nSPS) is 12.5. The summed E-state index contributed by atoms with van der Waals surface area (Å²) in [6.45, 7) is 24.4. The van der Waals surface area contributed by atoms with Crippen molar-refractivity contribution in [3.05, 3.63) is 214 Å². The van der Waals surface area contributed by atoms with Crippen LogP contribution in [0.3, 0.4) is 0 Å². The molecule has 9 aromatic carbocycles. The maximum absolute atomic E-state index is 9.93. The van der Waals surface area contributed by atoms with Crippen LogP contribution in [-0.2, 0) is 17.3 Å². The van der Waals surface area contributed by atoms with Gasteiger partial charge in [0.25, 0.3) is 0 Å². The number of rotatable bonds is 5. The second-order valence-electron chi connectivity index (χ2n) is 22.0. The van der Waals surface area contributed by atoms with E-state index in [0.29, 0.717) is 11.2 Å². The highest BCUT2D eigenvalue weighted by atomic mass is 16.5. The number of para-hydroxylation sites is 1. The van der Waals surface area contributed by atoms with Gasteiger partial charge in [-0.25, -0.2) is 4.98 Å². The molecule has 0 bridgehead atoms. The molecule has 69 heavy (non-hydrogen) atoms. The zero-order valence-corrected chi connectivity index (χ0v) is 41.9. The number of aryl methyl sites for hydroxylation is 1. The van der Waals surface area contributed by atoms with E-state index in [1.807, 2.05) is 24.3 Å². The zero-order valence-electron chi connectivity index (χ0n) is 41.9. The van der Waals surface area contributed by atoms with Gasteiger partial charge in [0.15, 0.2) is 0 Å². The number of aromatic nitrogens is 1. The van der Waals surface area contributed by atoms with Crippen LogP contribution < -0.4 is 15.2 Å². The van der Waals surface area contributed by atoms with Crippen molar-refractivity contribution >= 4 is 55.4 Å². The average Bonchev–Trinajstić information content (AvgIpc) is 3.32. The molecular weight excluding hydrogens is 839 g/mol. The van der Waals surface area contributed by atoms with Gasteiger partial charge in [0.05, 0.1) is 11.2 Å². The number of pyridine rings is 1. The lowest BCUT2D eigenvalue weighted by molar-refractivity contribution is 0.366. The largest absolute Gasteiger partial charge is 0.508 e. The Labute approximate surface area is 408 Å². The molecule has 0 amide bonds. The van der Waals surface area contributed by atoms with Gasteiger partial charge >= 0.3 is 0 Å². The summed E-state index contributed by atoms with van der Waals surface area (Å²) in [5, 5.41) is 21.5. The smallest absolute Gasteiger partial charge is 0.139 e. The Hall–Kier alpha value is -7.23. The van der Waals surface area contributed by atoms with Crippen molar-refractivity contribution in [1.82, 2.24) is 4.98 Å². The monoisotopic (exact) mass is 904 g/mol. The van der Waals surface area contributed by atoms with Crippen LogP contribution in [0.15, 0.2) is 176 Å². The fourth-order valence-electron chi connectivity index (χ4n) is 9.94. The topological polar surface area (TPSA) is 42.4 Å². The molecule has 0 saturated carbocycles. The predicted octanol–water partition coefficient (Wildman–Crippen LogP) is 16.6. The van der Waals surface area contributed by atoms with Crippen LogP contribution in [-0.4, -0.2) is 10.1 Å². The van der Waals surface area contributed by atoms with Gasteiger partial charge in [-0.05, 0) is 126 Å². The van der Waals surface area contributed by atoms with Gasteiger partial charge in [-0.15, -0.1) is 0 Å². The molecule has 10 aromatic rings. The lowest BCUT2D eigenvalue weighted by Crippen LogP contribution is -2.22. The Balaban J connectivity index is 0.000000130. The van der Waals surface area contributed by atoms with Crippen molar-refractivity contribution in [2.75, 3.05) is 0 Å². The SMILES string of the molecule is C=c1ccc2c(c1)Oc1cc(O)ccc1C=2c1ccccc1C(C)(C)C.CC(C)(C)CCCc1ccc2ccc3cccc4ccc1c2c34.CC(C)(C)c1cc(-c2ccccc2)nc2ccccc12. The van der Waals surface area contributed by atoms with E-state index in [9.17, 15) is 5.11 Å². The van der Waals surface area contributed by atoms with Gasteiger partial charge in [-0.3, -0.25) is 0 Å². The Morgan fingerprint density at radius 3 is 1.90 bits per heavy atom. The van der Waals surface area contributed by atoms with Crippen molar-refractivity contribution in [3.63, 3.8) is 0 Å². The van der Waals surface area contributed by atoms with Crippen LogP contribution >= 0.6 is 0 Å². The molecule has 0 spiro atoms. The van der Waals surface area contributed by atoms with Gasteiger partial charge in [-0.2, -0.15) is 0 Å². The molecule has 3 heteroatoms. The van der Waals surface area contributed by atoms with Gasteiger partial charge in [0, 0.05) is 33.4 Å².